The molecule has 2 N–H and O–H groups in total. The number of ether oxygens (including phenoxy) is 1. The Morgan fingerprint density at radius 2 is 2.04 bits per heavy atom. The quantitative estimate of drug-likeness (QED) is 0.347. The Hall–Kier alpha value is -1.13. The highest BCUT2D eigenvalue weighted by Gasteiger charge is 2.28. The maximum atomic E-state index is 11.1. The molecule has 0 aromatic heterocycles. The molecule has 1 aliphatic carbocycles. The molecule has 0 aromatic rings. The first-order chi connectivity index (χ1) is 11.1. The van der Waals surface area contributed by atoms with Gasteiger partial charge in [0.05, 0.1) is 19.3 Å². The van der Waals surface area contributed by atoms with Gasteiger partial charge in [0.15, 0.2) is 0 Å². The smallest absolute Gasteiger partial charge is 0.305 e. The van der Waals surface area contributed by atoms with Gasteiger partial charge in [0.1, 0.15) is 0 Å². The van der Waals surface area contributed by atoms with Crippen molar-refractivity contribution in [3.8, 4) is 0 Å². The van der Waals surface area contributed by atoms with Gasteiger partial charge in [0.2, 0.25) is 0 Å². The number of unbranched alkanes of at least 4 members (excludes halogenated alkanes) is 3. The maximum absolute atomic E-state index is 11.1. The average molecular weight is 324 g/mol. The van der Waals surface area contributed by atoms with Crippen molar-refractivity contribution in [2.75, 3.05) is 7.11 Å². The second-order valence-electron chi connectivity index (χ2n) is 6.39. The molecule has 4 heteroatoms. The summed E-state index contributed by atoms with van der Waals surface area (Å²) >= 11 is 0. The molecule has 0 spiro atoms. The van der Waals surface area contributed by atoms with Crippen LogP contribution in [0.4, 0.5) is 0 Å². The third kappa shape index (κ3) is 7.80. The first-order valence-electron chi connectivity index (χ1n) is 8.88. The van der Waals surface area contributed by atoms with Gasteiger partial charge < -0.3 is 14.9 Å². The van der Waals surface area contributed by atoms with Crippen molar-refractivity contribution in [3.05, 3.63) is 24.3 Å². The van der Waals surface area contributed by atoms with Crippen molar-refractivity contribution in [1.29, 1.82) is 0 Å². The molecule has 1 rings (SSSR count). The Labute approximate surface area is 140 Å². The minimum Gasteiger partial charge on any atom is -0.469 e. The van der Waals surface area contributed by atoms with Crippen LogP contribution in [0.3, 0.4) is 0 Å². The van der Waals surface area contributed by atoms with Crippen LogP contribution in [0.5, 0.6) is 0 Å². The molecule has 0 aromatic carbocycles. The summed E-state index contributed by atoms with van der Waals surface area (Å²) in [5, 5.41) is 20.0. The van der Waals surface area contributed by atoms with Crippen LogP contribution in [-0.4, -0.2) is 35.5 Å². The fourth-order valence-electron chi connectivity index (χ4n) is 3.03. The van der Waals surface area contributed by atoms with Crippen LogP contribution in [0.2, 0.25) is 0 Å². The van der Waals surface area contributed by atoms with Crippen LogP contribution in [0.25, 0.3) is 0 Å². The van der Waals surface area contributed by atoms with E-state index in [4.69, 9.17) is 0 Å². The molecule has 0 saturated heterocycles. The van der Waals surface area contributed by atoms with Gasteiger partial charge in [-0.2, -0.15) is 0 Å². The lowest BCUT2D eigenvalue weighted by atomic mass is 9.88. The molecule has 0 aliphatic heterocycles. The summed E-state index contributed by atoms with van der Waals surface area (Å²) in [7, 11) is 1.40. The first kappa shape index (κ1) is 19.9. The van der Waals surface area contributed by atoms with Crippen molar-refractivity contribution in [2.24, 2.45) is 11.8 Å². The van der Waals surface area contributed by atoms with Gasteiger partial charge in [0, 0.05) is 12.3 Å². The summed E-state index contributed by atoms with van der Waals surface area (Å²) in [5.41, 5.74) is 0. The molecule has 4 atom stereocenters. The molecular weight excluding hydrogens is 292 g/mol. The molecule has 0 fully saturated rings. The van der Waals surface area contributed by atoms with Crippen molar-refractivity contribution < 1.29 is 19.7 Å². The van der Waals surface area contributed by atoms with E-state index in [0.717, 1.165) is 44.9 Å². The second kappa shape index (κ2) is 11.4. The molecule has 0 radical (unpaired) electrons. The van der Waals surface area contributed by atoms with Crippen LogP contribution in [0.15, 0.2) is 24.3 Å². The molecule has 0 amide bonds. The Morgan fingerprint density at radius 1 is 1.26 bits per heavy atom. The third-order valence-electron chi connectivity index (χ3n) is 4.52. The monoisotopic (exact) mass is 324 g/mol. The van der Waals surface area contributed by atoms with Gasteiger partial charge in [-0.3, -0.25) is 4.79 Å². The second-order valence-corrected chi connectivity index (χ2v) is 6.39. The predicted molar refractivity (Wildman–Crippen MR) is 91.9 cm³/mol. The van der Waals surface area contributed by atoms with Crippen LogP contribution in [0, 0.1) is 11.8 Å². The number of aliphatic hydroxyl groups is 2. The fraction of sp³-hybridized carbons (Fsp3) is 0.737. The predicted octanol–water partition coefficient (Wildman–Crippen LogP) is 3.38. The van der Waals surface area contributed by atoms with Gasteiger partial charge in [0.25, 0.3) is 0 Å². The van der Waals surface area contributed by atoms with Gasteiger partial charge in [-0.15, -0.1) is 0 Å². The topological polar surface area (TPSA) is 66.8 Å². The van der Waals surface area contributed by atoms with E-state index in [1.165, 1.54) is 7.11 Å². The lowest BCUT2D eigenvalue weighted by Crippen LogP contribution is -2.19. The number of methoxy groups -OCH3 is 1. The molecule has 0 saturated carbocycles. The van der Waals surface area contributed by atoms with Gasteiger partial charge in [-0.05, 0) is 25.2 Å². The molecule has 0 bridgehead atoms. The average Bonchev–Trinajstić information content (AvgIpc) is 2.89. The van der Waals surface area contributed by atoms with Crippen molar-refractivity contribution in [2.45, 2.75) is 70.5 Å². The van der Waals surface area contributed by atoms with Crippen LogP contribution in [-0.2, 0) is 9.53 Å². The molecule has 0 heterocycles. The van der Waals surface area contributed by atoms with Gasteiger partial charge in [-0.1, -0.05) is 56.9 Å². The van der Waals surface area contributed by atoms with E-state index in [2.05, 4.69) is 11.7 Å². The highest BCUT2D eigenvalue weighted by molar-refractivity contribution is 5.68. The van der Waals surface area contributed by atoms with E-state index in [1.54, 1.807) is 0 Å². The Kier molecular flexibility index (Phi) is 9.88. The van der Waals surface area contributed by atoms with E-state index in [9.17, 15) is 15.0 Å². The van der Waals surface area contributed by atoms with Gasteiger partial charge >= 0.3 is 5.97 Å². The third-order valence-corrected chi connectivity index (χ3v) is 4.52. The minimum atomic E-state index is -0.431. The van der Waals surface area contributed by atoms with Gasteiger partial charge in [-0.25, -0.2) is 0 Å². The summed E-state index contributed by atoms with van der Waals surface area (Å²) < 4.78 is 4.63. The number of rotatable bonds is 11. The number of carbonyl (C=O) groups is 1. The Bertz CT molecular complexity index is 389. The fourth-order valence-corrected chi connectivity index (χ4v) is 3.03. The van der Waals surface area contributed by atoms with E-state index >= 15 is 0 Å². The summed E-state index contributed by atoms with van der Waals surface area (Å²) in [4.78, 5) is 11.1. The molecule has 1 unspecified atom stereocenters. The normalized spacial score (nSPS) is 25.1. The summed E-state index contributed by atoms with van der Waals surface area (Å²) in [5.74, 6) is 0.137. The number of hydrogen-bond donors (Lipinski definition) is 2. The number of aliphatic hydroxyl groups excluding tert-OH is 2. The SMILES string of the molecule is CCCCCC(O)/C=C/[C@H]1C=C[C@H](O)[C@H]1CCCCC(=O)OC. The highest BCUT2D eigenvalue weighted by atomic mass is 16.5. The summed E-state index contributed by atoms with van der Waals surface area (Å²) in [6.07, 6.45) is 14.0. The summed E-state index contributed by atoms with van der Waals surface area (Å²) in [6.45, 7) is 2.15. The molecule has 4 nitrogen and oxygen atoms in total. The lowest BCUT2D eigenvalue weighted by molar-refractivity contribution is -0.140. The van der Waals surface area contributed by atoms with Crippen LogP contribution < -0.4 is 0 Å². The maximum Gasteiger partial charge on any atom is 0.305 e. The minimum absolute atomic E-state index is 0.145. The van der Waals surface area contributed by atoms with Crippen molar-refractivity contribution in [1.82, 2.24) is 0 Å². The number of hydrogen-bond acceptors (Lipinski definition) is 4. The van der Waals surface area contributed by atoms with Crippen LogP contribution in [0.1, 0.15) is 58.3 Å². The van der Waals surface area contributed by atoms with E-state index in [1.807, 2.05) is 24.3 Å². The van der Waals surface area contributed by atoms with Crippen LogP contribution >= 0.6 is 0 Å². The Morgan fingerprint density at radius 3 is 2.74 bits per heavy atom. The zero-order valence-electron chi connectivity index (χ0n) is 14.5. The first-order valence-corrected chi connectivity index (χ1v) is 8.88. The zero-order valence-corrected chi connectivity index (χ0v) is 14.5. The Balaban J connectivity index is 2.35. The number of allylic oxidation sites excluding steroid dienone is 2. The van der Waals surface area contributed by atoms with E-state index in [-0.39, 0.29) is 17.8 Å². The molecule has 23 heavy (non-hydrogen) atoms. The zero-order chi connectivity index (χ0) is 17.1. The lowest BCUT2D eigenvalue weighted by Gasteiger charge is -2.20. The van der Waals surface area contributed by atoms with Crippen molar-refractivity contribution in [3.63, 3.8) is 0 Å². The number of carbonyl (C=O) groups excluding carboxylic acids is 1. The number of esters is 1. The molecule has 1 aliphatic rings. The molecular formula is C19H32O4. The van der Waals surface area contributed by atoms with Crippen molar-refractivity contribution >= 4 is 5.97 Å². The van der Waals surface area contributed by atoms with E-state index in [0.29, 0.717) is 6.42 Å². The molecule has 132 valence electrons. The summed E-state index contributed by atoms with van der Waals surface area (Å²) in [6, 6.07) is 0. The highest BCUT2D eigenvalue weighted by Crippen LogP contribution is 2.31. The largest absolute Gasteiger partial charge is 0.469 e. The van der Waals surface area contributed by atoms with E-state index < -0.39 is 12.2 Å². The standard InChI is InChI=1S/C19H32O4/c1-3-4-5-8-16(20)13-11-15-12-14-18(21)17(15)9-6-7-10-19(22)23-2/h11-18,20-21H,3-10H2,1-2H3/b13-11+/t15-,16?,17-,18-/m0/s1.